The quantitative estimate of drug-likeness (QED) is 0.614. The number of aryl methyl sites for hydroxylation is 1. The van der Waals surface area contributed by atoms with Gasteiger partial charge < -0.3 is 14.9 Å². The molecule has 0 saturated heterocycles. The number of carboxylic acid groups (broad SMARTS) is 1. The number of ether oxygens (including phenoxy) is 1. The topological polar surface area (TPSA) is 117 Å². The van der Waals surface area contributed by atoms with Gasteiger partial charge in [0, 0.05) is 22.7 Å². The van der Waals surface area contributed by atoms with Crippen molar-refractivity contribution in [2.45, 2.75) is 26.4 Å². The summed E-state index contributed by atoms with van der Waals surface area (Å²) in [7, 11) is 1.50. The molecule has 3 rings (SSSR count). The number of carboxylic acids is 1. The Kier molecular flexibility index (Phi) is 4.95. The van der Waals surface area contributed by atoms with E-state index < -0.39 is 17.6 Å². The molecule has 1 aromatic carbocycles. The number of benzene rings is 1. The van der Waals surface area contributed by atoms with Crippen LogP contribution in [0.2, 0.25) is 5.02 Å². The lowest BCUT2D eigenvalue weighted by Gasteiger charge is -2.10. The lowest BCUT2D eigenvalue weighted by atomic mass is 10.0. The van der Waals surface area contributed by atoms with Crippen molar-refractivity contribution in [3.63, 3.8) is 0 Å². The van der Waals surface area contributed by atoms with E-state index in [1.165, 1.54) is 18.5 Å². The third-order valence-corrected chi connectivity index (χ3v) is 4.42. The van der Waals surface area contributed by atoms with Crippen LogP contribution < -0.4 is 10.3 Å². The van der Waals surface area contributed by atoms with Gasteiger partial charge in [-0.05, 0) is 32.0 Å². The Labute approximate surface area is 159 Å². The molecule has 9 heteroatoms. The highest BCUT2D eigenvalue weighted by molar-refractivity contribution is 6.31. The minimum Gasteiger partial charge on any atom is -0.496 e. The summed E-state index contributed by atoms with van der Waals surface area (Å²) in [5, 5.41) is 22.5. The van der Waals surface area contributed by atoms with E-state index in [1.54, 1.807) is 25.1 Å². The Morgan fingerprint density at radius 2 is 2.15 bits per heavy atom. The second-order valence-corrected chi connectivity index (χ2v) is 6.65. The van der Waals surface area contributed by atoms with Crippen molar-refractivity contribution < 1.29 is 19.7 Å². The summed E-state index contributed by atoms with van der Waals surface area (Å²) in [5.74, 6) is -0.837. The number of rotatable bonds is 5. The lowest BCUT2D eigenvalue weighted by molar-refractivity contribution is 0.0688. The summed E-state index contributed by atoms with van der Waals surface area (Å²) in [6.45, 7) is 3.21. The smallest absolute Gasteiger partial charge is 0.355 e. The van der Waals surface area contributed by atoms with Crippen LogP contribution in [0.4, 0.5) is 0 Å². The first kappa shape index (κ1) is 18.9. The molecule has 1 unspecified atom stereocenters. The van der Waals surface area contributed by atoms with E-state index in [4.69, 9.17) is 16.3 Å². The molecule has 3 aromatic rings. The zero-order valence-electron chi connectivity index (χ0n) is 14.9. The van der Waals surface area contributed by atoms with E-state index in [9.17, 15) is 19.8 Å². The highest BCUT2D eigenvalue weighted by Gasteiger charge is 2.24. The van der Waals surface area contributed by atoms with Crippen LogP contribution in [0.25, 0.3) is 16.8 Å². The number of carbonyl (C=O) groups is 1. The van der Waals surface area contributed by atoms with Crippen LogP contribution in [-0.2, 0) is 6.42 Å². The average molecular weight is 392 g/mol. The summed E-state index contributed by atoms with van der Waals surface area (Å²) in [4.78, 5) is 28.8. The zero-order chi connectivity index (χ0) is 19.9. The summed E-state index contributed by atoms with van der Waals surface area (Å²) in [5.41, 5.74) is 0.789. The van der Waals surface area contributed by atoms with Crippen LogP contribution in [0, 0.1) is 6.92 Å². The molecular weight excluding hydrogens is 374 g/mol. The summed E-state index contributed by atoms with van der Waals surface area (Å²) in [6.07, 6.45) is -1.01. The molecule has 8 nitrogen and oxygen atoms in total. The molecule has 3 N–H and O–H groups in total. The van der Waals surface area contributed by atoms with Gasteiger partial charge in [-0.2, -0.15) is 0 Å². The molecule has 0 radical (unpaired) electrons. The van der Waals surface area contributed by atoms with Crippen molar-refractivity contribution in [1.82, 2.24) is 14.6 Å². The van der Waals surface area contributed by atoms with Gasteiger partial charge in [0.1, 0.15) is 5.75 Å². The zero-order valence-corrected chi connectivity index (χ0v) is 15.7. The maximum absolute atomic E-state index is 12.9. The van der Waals surface area contributed by atoms with E-state index in [1.807, 2.05) is 0 Å². The maximum atomic E-state index is 12.9. The van der Waals surface area contributed by atoms with Crippen LogP contribution in [-0.4, -0.2) is 44.0 Å². The Morgan fingerprint density at radius 3 is 2.74 bits per heavy atom. The number of fused-ring (bicyclic) bond motifs is 1. The summed E-state index contributed by atoms with van der Waals surface area (Å²) >= 11 is 6.11. The first-order valence-electron chi connectivity index (χ1n) is 8.14. The largest absolute Gasteiger partial charge is 0.496 e. The molecule has 0 saturated carbocycles. The van der Waals surface area contributed by atoms with Crippen LogP contribution in [0.3, 0.4) is 0 Å². The Bertz CT molecular complexity index is 1100. The number of hydrogen-bond donors (Lipinski definition) is 3. The first-order valence-corrected chi connectivity index (χ1v) is 8.51. The monoisotopic (exact) mass is 391 g/mol. The van der Waals surface area contributed by atoms with Crippen molar-refractivity contribution in [2.75, 3.05) is 7.11 Å². The number of aromatic carboxylic acids is 1. The Morgan fingerprint density at radius 1 is 1.44 bits per heavy atom. The lowest BCUT2D eigenvalue weighted by Crippen LogP contribution is -2.27. The van der Waals surface area contributed by atoms with Crippen molar-refractivity contribution in [3.8, 4) is 16.9 Å². The second-order valence-electron chi connectivity index (χ2n) is 6.22. The Hall–Kier alpha value is -2.84. The predicted molar refractivity (Wildman–Crippen MR) is 99.9 cm³/mol. The van der Waals surface area contributed by atoms with E-state index >= 15 is 0 Å². The fourth-order valence-corrected chi connectivity index (χ4v) is 3.24. The van der Waals surface area contributed by atoms with Gasteiger partial charge in [-0.15, -0.1) is 0 Å². The highest BCUT2D eigenvalue weighted by atomic mass is 35.5. The molecule has 0 bridgehead atoms. The maximum Gasteiger partial charge on any atom is 0.355 e. The van der Waals surface area contributed by atoms with Gasteiger partial charge in [-0.25, -0.2) is 14.3 Å². The SMILES string of the molecule is COc1ccc(Cl)cc1-c1c(C)[nH]n2c(=O)c(CC(C)O)c(C(=O)O)nc12. The molecule has 0 aliphatic rings. The van der Waals surface area contributed by atoms with E-state index in [0.717, 1.165) is 0 Å². The molecule has 0 aliphatic heterocycles. The number of aliphatic hydroxyl groups is 1. The van der Waals surface area contributed by atoms with Gasteiger partial charge in [0.05, 0.1) is 24.3 Å². The molecule has 0 spiro atoms. The first-order chi connectivity index (χ1) is 12.7. The number of aromatic amines is 1. The summed E-state index contributed by atoms with van der Waals surface area (Å²) < 4.78 is 6.55. The highest BCUT2D eigenvalue weighted by Crippen LogP contribution is 2.36. The molecular formula is C18H18ClN3O5. The number of nitrogens with zero attached hydrogens (tertiary/aromatic N) is 2. The van der Waals surface area contributed by atoms with Crippen LogP contribution in [0.15, 0.2) is 23.0 Å². The molecule has 27 heavy (non-hydrogen) atoms. The molecule has 0 aliphatic carbocycles. The number of halogens is 1. The minimum absolute atomic E-state index is 0.0686. The fourth-order valence-electron chi connectivity index (χ4n) is 3.07. The normalized spacial score (nSPS) is 12.3. The third kappa shape index (κ3) is 3.29. The Balaban J connectivity index is 2.41. The van der Waals surface area contributed by atoms with Crippen LogP contribution >= 0.6 is 11.6 Å². The van der Waals surface area contributed by atoms with Gasteiger partial charge in [-0.1, -0.05) is 11.6 Å². The molecule has 142 valence electrons. The van der Waals surface area contributed by atoms with Crippen molar-refractivity contribution in [1.29, 1.82) is 0 Å². The van der Waals surface area contributed by atoms with E-state index in [2.05, 4.69) is 10.1 Å². The molecule has 2 heterocycles. The number of aromatic nitrogens is 3. The summed E-state index contributed by atoms with van der Waals surface area (Å²) in [6, 6.07) is 5.00. The minimum atomic E-state index is -1.34. The van der Waals surface area contributed by atoms with Gasteiger partial charge in [0.25, 0.3) is 5.56 Å². The standard InChI is InChI=1S/C18H18ClN3O5/c1-8(23)6-12-15(18(25)26)20-16-14(9(2)21-22(16)17(12)24)11-7-10(19)4-5-13(11)27-3/h4-5,7-8,21,23H,6H2,1-3H3,(H,25,26). The van der Waals surface area contributed by atoms with Crippen LogP contribution in [0.5, 0.6) is 5.75 Å². The number of aliphatic hydroxyl groups excluding tert-OH is 1. The van der Waals surface area contributed by atoms with E-state index in [-0.39, 0.29) is 23.3 Å². The third-order valence-electron chi connectivity index (χ3n) is 4.19. The number of H-pyrrole nitrogens is 1. The number of nitrogens with one attached hydrogen (secondary N) is 1. The predicted octanol–water partition coefficient (Wildman–Crippen LogP) is 2.28. The van der Waals surface area contributed by atoms with Gasteiger partial charge in [-0.3, -0.25) is 9.89 Å². The molecule has 0 fully saturated rings. The molecule has 0 amide bonds. The van der Waals surface area contributed by atoms with Gasteiger partial charge in [0.2, 0.25) is 0 Å². The number of methoxy groups -OCH3 is 1. The van der Waals surface area contributed by atoms with Crippen molar-refractivity contribution in [3.05, 3.63) is 50.5 Å². The second kappa shape index (κ2) is 7.05. The van der Waals surface area contributed by atoms with Gasteiger partial charge >= 0.3 is 5.97 Å². The molecule has 2 aromatic heterocycles. The van der Waals surface area contributed by atoms with Crippen molar-refractivity contribution >= 4 is 23.2 Å². The number of hydrogen-bond acceptors (Lipinski definition) is 5. The van der Waals surface area contributed by atoms with Crippen LogP contribution in [0.1, 0.15) is 28.7 Å². The average Bonchev–Trinajstić information content (AvgIpc) is 2.93. The van der Waals surface area contributed by atoms with Crippen molar-refractivity contribution in [2.24, 2.45) is 0 Å². The van der Waals surface area contributed by atoms with Gasteiger partial charge in [0.15, 0.2) is 11.3 Å². The fraction of sp³-hybridized carbons (Fsp3) is 0.278. The molecule has 1 atom stereocenters. The van der Waals surface area contributed by atoms with E-state index in [0.29, 0.717) is 27.6 Å².